The molecule has 0 fully saturated rings. The molecule has 0 aliphatic carbocycles. The summed E-state index contributed by atoms with van der Waals surface area (Å²) in [5, 5.41) is 8.74. The third kappa shape index (κ3) is 4.74. The van der Waals surface area contributed by atoms with Crippen LogP contribution in [0.3, 0.4) is 0 Å². The van der Waals surface area contributed by atoms with Crippen molar-refractivity contribution in [2.45, 2.75) is 19.4 Å². The van der Waals surface area contributed by atoms with Gasteiger partial charge in [0.2, 0.25) is 0 Å². The van der Waals surface area contributed by atoms with Gasteiger partial charge in [-0.25, -0.2) is 0 Å². The van der Waals surface area contributed by atoms with Gasteiger partial charge in [-0.05, 0) is 73.7 Å². The van der Waals surface area contributed by atoms with Crippen LogP contribution in [0.25, 0.3) is 0 Å². The van der Waals surface area contributed by atoms with E-state index in [1.165, 1.54) is 0 Å². The number of carbonyl (C=O) groups is 1. The second-order valence-electron chi connectivity index (χ2n) is 4.82. The molecule has 0 amide bonds. The van der Waals surface area contributed by atoms with Crippen LogP contribution < -0.4 is 10.5 Å². The minimum Gasteiger partial charge on any atom is -0.487 e. The highest BCUT2D eigenvalue weighted by Gasteiger charge is 2.10. The Morgan fingerprint density at radius 1 is 1.14 bits per heavy atom. The molecule has 0 unspecified atom stereocenters. The first kappa shape index (κ1) is 16.8. The van der Waals surface area contributed by atoms with Crippen LogP contribution in [-0.2, 0) is 17.8 Å². The highest BCUT2D eigenvalue weighted by molar-refractivity contribution is 9.11. The molecule has 0 bridgehead atoms. The maximum atomic E-state index is 10.6. The summed E-state index contributed by atoms with van der Waals surface area (Å²) in [5.74, 6) is -0.129. The number of benzene rings is 2. The summed E-state index contributed by atoms with van der Waals surface area (Å²) in [4.78, 5) is 10.6. The molecular weight excluding hydrogens is 414 g/mol. The molecule has 2 rings (SSSR count). The van der Waals surface area contributed by atoms with Crippen molar-refractivity contribution in [1.82, 2.24) is 0 Å². The van der Waals surface area contributed by atoms with E-state index >= 15 is 0 Å². The van der Waals surface area contributed by atoms with Crippen molar-refractivity contribution in [3.05, 3.63) is 56.5 Å². The molecule has 116 valence electrons. The number of carboxylic acids is 1. The fraction of sp³-hybridized carbons (Fsp3) is 0.188. The van der Waals surface area contributed by atoms with E-state index in [9.17, 15) is 4.79 Å². The van der Waals surface area contributed by atoms with Crippen LogP contribution >= 0.6 is 31.9 Å². The van der Waals surface area contributed by atoms with Gasteiger partial charge in [0.25, 0.3) is 0 Å². The number of carboxylic acid groups (broad SMARTS) is 1. The normalized spacial score (nSPS) is 10.5. The van der Waals surface area contributed by atoms with Crippen molar-refractivity contribution in [1.29, 1.82) is 0 Å². The van der Waals surface area contributed by atoms with Crippen molar-refractivity contribution in [3.63, 3.8) is 0 Å². The Bertz CT molecular complexity index is 666. The number of aryl methyl sites for hydroxylation is 1. The van der Waals surface area contributed by atoms with Crippen LogP contribution in [0.2, 0.25) is 0 Å². The molecule has 0 heterocycles. The van der Waals surface area contributed by atoms with Crippen molar-refractivity contribution in [2.75, 3.05) is 5.73 Å². The first-order chi connectivity index (χ1) is 10.5. The lowest BCUT2D eigenvalue weighted by atomic mass is 10.1. The van der Waals surface area contributed by atoms with Crippen LogP contribution in [0.1, 0.15) is 17.5 Å². The molecule has 0 atom stereocenters. The summed E-state index contributed by atoms with van der Waals surface area (Å²) in [6, 6.07) is 11.3. The molecular formula is C16H15Br2NO3. The Kier molecular flexibility index (Phi) is 5.85. The quantitative estimate of drug-likeness (QED) is 0.669. The molecule has 3 N–H and O–H groups in total. The molecule has 0 aliphatic rings. The molecule has 0 aromatic heterocycles. The number of aliphatic carboxylic acids is 1. The van der Waals surface area contributed by atoms with Crippen molar-refractivity contribution in [2.24, 2.45) is 0 Å². The number of nitrogen functional groups attached to an aromatic ring is 1. The fourth-order valence-corrected chi connectivity index (χ4v) is 3.49. The molecule has 0 saturated heterocycles. The fourth-order valence-electron chi connectivity index (χ4n) is 1.98. The van der Waals surface area contributed by atoms with Gasteiger partial charge in [0.1, 0.15) is 12.4 Å². The second kappa shape index (κ2) is 7.65. The summed E-state index contributed by atoms with van der Waals surface area (Å²) in [7, 11) is 0. The Morgan fingerprint density at radius 3 is 2.41 bits per heavy atom. The molecule has 2 aromatic carbocycles. The lowest BCUT2D eigenvalue weighted by Gasteiger charge is -2.12. The van der Waals surface area contributed by atoms with Crippen LogP contribution in [0.15, 0.2) is 45.3 Å². The van der Waals surface area contributed by atoms with Gasteiger partial charge in [-0.15, -0.1) is 0 Å². The molecule has 0 saturated carbocycles. The SMILES string of the molecule is Nc1cccc(COc2c(Br)cc(CCC(=O)O)cc2Br)c1. The minimum atomic E-state index is -0.811. The van der Waals surface area contributed by atoms with Gasteiger partial charge in [0, 0.05) is 12.1 Å². The van der Waals surface area contributed by atoms with Gasteiger partial charge < -0.3 is 15.6 Å². The predicted octanol–water partition coefficient (Wildman–Crippen LogP) is 4.39. The topological polar surface area (TPSA) is 72.5 Å². The number of halogens is 2. The van der Waals surface area contributed by atoms with Crippen LogP contribution in [0.4, 0.5) is 5.69 Å². The Hall–Kier alpha value is -1.53. The molecule has 0 aliphatic heterocycles. The number of anilines is 1. The maximum Gasteiger partial charge on any atom is 0.303 e. The van der Waals surface area contributed by atoms with Crippen molar-refractivity contribution in [3.8, 4) is 5.75 Å². The van der Waals surface area contributed by atoms with Crippen LogP contribution in [0.5, 0.6) is 5.75 Å². The largest absolute Gasteiger partial charge is 0.487 e. The zero-order valence-corrected chi connectivity index (χ0v) is 14.9. The first-order valence-corrected chi connectivity index (χ1v) is 8.21. The Labute approximate surface area is 145 Å². The summed E-state index contributed by atoms with van der Waals surface area (Å²) in [6.45, 7) is 0.400. The van der Waals surface area contributed by atoms with Crippen molar-refractivity contribution < 1.29 is 14.6 Å². The third-order valence-electron chi connectivity index (χ3n) is 3.02. The zero-order valence-electron chi connectivity index (χ0n) is 11.7. The summed E-state index contributed by atoms with van der Waals surface area (Å²) in [5.41, 5.74) is 8.35. The van der Waals surface area contributed by atoms with E-state index in [1.807, 2.05) is 36.4 Å². The number of hydrogen-bond donors (Lipinski definition) is 2. The van der Waals surface area contributed by atoms with Gasteiger partial charge in [-0.2, -0.15) is 0 Å². The monoisotopic (exact) mass is 427 g/mol. The van der Waals surface area contributed by atoms with E-state index < -0.39 is 5.97 Å². The van der Waals surface area contributed by atoms with E-state index in [0.717, 1.165) is 20.1 Å². The Balaban J connectivity index is 2.09. The summed E-state index contributed by atoms with van der Waals surface area (Å²) >= 11 is 6.93. The average Bonchev–Trinajstić information content (AvgIpc) is 2.44. The molecule has 0 radical (unpaired) electrons. The highest BCUT2D eigenvalue weighted by atomic mass is 79.9. The van der Waals surface area contributed by atoms with E-state index in [4.69, 9.17) is 15.6 Å². The summed E-state index contributed by atoms with van der Waals surface area (Å²) < 4.78 is 7.39. The van der Waals surface area contributed by atoms with Crippen LogP contribution in [0, 0.1) is 0 Å². The predicted molar refractivity (Wildman–Crippen MR) is 93.0 cm³/mol. The summed E-state index contributed by atoms with van der Waals surface area (Å²) in [6.07, 6.45) is 0.574. The van der Waals surface area contributed by atoms with E-state index in [2.05, 4.69) is 31.9 Å². The third-order valence-corrected chi connectivity index (χ3v) is 4.20. The smallest absolute Gasteiger partial charge is 0.303 e. The van der Waals surface area contributed by atoms with Crippen LogP contribution in [-0.4, -0.2) is 11.1 Å². The zero-order chi connectivity index (χ0) is 16.1. The van der Waals surface area contributed by atoms with E-state index in [1.54, 1.807) is 0 Å². The number of rotatable bonds is 6. The van der Waals surface area contributed by atoms with Gasteiger partial charge in [-0.3, -0.25) is 4.79 Å². The molecule has 22 heavy (non-hydrogen) atoms. The number of ether oxygens (including phenoxy) is 1. The molecule has 6 heteroatoms. The van der Waals surface area contributed by atoms with Gasteiger partial charge in [0.05, 0.1) is 8.95 Å². The number of nitrogens with two attached hydrogens (primary N) is 1. The number of hydrogen-bond acceptors (Lipinski definition) is 3. The van der Waals surface area contributed by atoms with Gasteiger partial charge in [-0.1, -0.05) is 12.1 Å². The molecule has 2 aromatic rings. The van der Waals surface area contributed by atoms with Crippen molar-refractivity contribution >= 4 is 43.5 Å². The maximum absolute atomic E-state index is 10.6. The lowest BCUT2D eigenvalue weighted by Crippen LogP contribution is -2.00. The average molecular weight is 429 g/mol. The van der Waals surface area contributed by atoms with E-state index in [-0.39, 0.29) is 6.42 Å². The lowest BCUT2D eigenvalue weighted by molar-refractivity contribution is -0.136. The molecule has 4 nitrogen and oxygen atoms in total. The van der Waals surface area contributed by atoms with Gasteiger partial charge >= 0.3 is 5.97 Å². The Morgan fingerprint density at radius 2 is 1.82 bits per heavy atom. The highest BCUT2D eigenvalue weighted by Crippen LogP contribution is 2.35. The van der Waals surface area contributed by atoms with E-state index in [0.29, 0.717) is 24.5 Å². The first-order valence-electron chi connectivity index (χ1n) is 6.62. The standard InChI is InChI=1S/C16H15Br2NO3/c17-13-7-10(4-5-15(20)21)8-14(18)16(13)22-9-11-2-1-3-12(19)6-11/h1-3,6-8H,4-5,9,19H2,(H,20,21). The second-order valence-corrected chi connectivity index (χ2v) is 6.52. The molecule has 0 spiro atoms. The minimum absolute atomic E-state index is 0.0996. The van der Waals surface area contributed by atoms with Gasteiger partial charge in [0.15, 0.2) is 0 Å².